The Morgan fingerprint density at radius 1 is 1.39 bits per heavy atom. The minimum atomic E-state index is 0.0532. The van der Waals surface area contributed by atoms with E-state index < -0.39 is 0 Å². The molecule has 2 nitrogen and oxygen atoms in total. The van der Waals surface area contributed by atoms with Crippen LogP contribution in [0.4, 0.5) is 0 Å². The zero-order valence-corrected chi connectivity index (χ0v) is 12.6. The van der Waals surface area contributed by atoms with E-state index in [1.165, 1.54) is 0 Å². The van der Waals surface area contributed by atoms with Crippen molar-refractivity contribution in [2.24, 2.45) is 0 Å². The number of halogens is 1. The molecular formula is C14H13BrO2S. The summed E-state index contributed by atoms with van der Waals surface area (Å²) in [5.41, 5.74) is 2.47. The van der Waals surface area contributed by atoms with Crippen LogP contribution in [-0.4, -0.2) is 12.4 Å². The molecule has 94 valence electrons. The highest BCUT2D eigenvalue weighted by atomic mass is 79.9. The molecule has 1 aromatic carbocycles. The van der Waals surface area contributed by atoms with Crippen molar-refractivity contribution >= 4 is 33.0 Å². The van der Waals surface area contributed by atoms with Crippen LogP contribution in [0.25, 0.3) is 0 Å². The van der Waals surface area contributed by atoms with Crippen LogP contribution in [-0.2, 0) is 0 Å². The highest BCUT2D eigenvalue weighted by molar-refractivity contribution is 9.10. The number of hydrogen-bond donors (Lipinski definition) is 0. The molecular weight excluding hydrogens is 312 g/mol. The van der Waals surface area contributed by atoms with Gasteiger partial charge in [0.25, 0.3) is 0 Å². The molecule has 2 rings (SSSR count). The molecule has 0 radical (unpaired) electrons. The predicted octanol–water partition coefficient (Wildman–Crippen LogP) is 4.45. The van der Waals surface area contributed by atoms with Crippen molar-refractivity contribution in [3.63, 3.8) is 0 Å². The van der Waals surface area contributed by atoms with Gasteiger partial charge >= 0.3 is 0 Å². The third kappa shape index (κ3) is 2.65. The fourth-order valence-corrected chi connectivity index (χ4v) is 2.98. The van der Waals surface area contributed by atoms with Gasteiger partial charge in [-0.05, 0) is 58.9 Å². The van der Waals surface area contributed by atoms with Gasteiger partial charge in [0.2, 0.25) is 0 Å². The molecule has 2 aromatic rings. The molecule has 0 aliphatic rings. The molecule has 1 heterocycles. The highest BCUT2D eigenvalue weighted by Crippen LogP contribution is 2.28. The lowest BCUT2D eigenvalue weighted by Gasteiger charge is -2.07. The van der Waals surface area contributed by atoms with Crippen molar-refractivity contribution in [1.82, 2.24) is 0 Å². The third-order valence-corrected chi connectivity index (χ3v) is 4.08. The van der Waals surface area contributed by atoms with Crippen LogP contribution < -0.4 is 4.74 Å². The van der Waals surface area contributed by atoms with Gasteiger partial charge in [-0.1, -0.05) is 0 Å². The van der Waals surface area contributed by atoms with Crippen LogP contribution in [0.5, 0.6) is 5.75 Å². The molecule has 0 unspecified atom stereocenters. The van der Waals surface area contributed by atoms with Crippen molar-refractivity contribution in [2.75, 3.05) is 6.61 Å². The average molecular weight is 325 g/mol. The van der Waals surface area contributed by atoms with Crippen molar-refractivity contribution in [3.05, 3.63) is 50.1 Å². The van der Waals surface area contributed by atoms with Gasteiger partial charge in [-0.3, -0.25) is 4.79 Å². The second-order valence-corrected chi connectivity index (χ2v) is 5.47. The summed E-state index contributed by atoms with van der Waals surface area (Å²) in [5, 5.41) is 3.87. The first-order chi connectivity index (χ1) is 8.63. The molecule has 0 N–H and O–H groups in total. The number of carbonyl (C=O) groups excluding carboxylic acids is 1. The van der Waals surface area contributed by atoms with Crippen molar-refractivity contribution in [1.29, 1.82) is 0 Å². The summed E-state index contributed by atoms with van der Waals surface area (Å²) < 4.78 is 6.24. The topological polar surface area (TPSA) is 26.3 Å². The molecule has 0 spiro atoms. The Bertz CT molecular complexity index is 575. The number of hydrogen-bond acceptors (Lipinski definition) is 3. The van der Waals surface area contributed by atoms with E-state index >= 15 is 0 Å². The molecule has 0 saturated carbocycles. The van der Waals surface area contributed by atoms with Gasteiger partial charge in [-0.25, -0.2) is 0 Å². The molecule has 0 bridgehead atoms. The monoisotopic (exact) mass is 324 g/mol. The lowest BCUT2D eigenvalue weighted by molar-refractivity contribution is 0.103. The first-order valence-corrected chi connectivity index (χ1v) is 7.37. The number of ether oxygens (including phenoxy) is 1. The molecule has 0 saturated heterocycles. The summed E-state index contributed by atoms with van der Waals surface area (Å²) in [6.45, 7) is 4.49. The Labute approximate surface area is 119 Å². The van der Waals surface area contributed by atoms with E-state index in [1.54, 1.807) is 17.4 Å². The SMILES string of the molecule is CCOc1ccc(C(=O)c2cscc2C)cc1Br. The summed E-state index contributed by atoms with van der Waals surface area (Å²) >= 11 is 4.97. The van der Waals surface area contributed by atoms with Gasteiger partial charge in [0.15, 0.2) is 5.78 Å². The molecule has 4 heteroatoms. The average Bonchev–Trinajstić information content (AvgIpc) is 2.77. The first kappa shape index (κ1) is 13.3. The number of carbonyl (C=O) groups is 1. The normalized spacial score (nSPS) is 10.4. The van der Waals surface area contributed by atoms with Crippen LogP contribution in [0.2, 0.25) is 0 Å². The smallest absolute Gasteiger partial charge is 0.194 e. The van der Waals surface area contributed by atoms with Gasteiger partial charge in [0.1, 0.15) is 5.75 Å². The van der Waals surface area contributed by atoms with Crippen molar-refractivity contribution in [3.8, 4) is 5.75 Å². The molecule has 18 heavy (non-hydrogen) atoms. The van der Waals surface area contributed by atoms with Crippen LogP contribution in [0.3, 0.4) is 0 Å². The Kier molecular flexibility index (Phi) is 4.19. The zero-order chi connectivity index (χ0) is 13.1. The first-order valence-electron chi connectivity index (χ1n) is 5.63. The predicted molar refractivity (Wildman–Crippen MR) is 77.8 cm³/mol. The fourth-order valence-electron chi connectivity index (χ4n) is 1.66. The van der Waals surface area contributed by atoms with E-state index in [4.69, 9.17) is 4.74 Å². The summed E-state index contributed by atoms with van der Waals surface area (Å²) in [6.07, 6.45) is 0. The van der Waals surface area contributed by atoms with E-state index in [1.807, 2.05) is 36.7 Å². The van der Waals surface area contributed by atoms with Gasteiger partial charge in [-0.2, -0.15) is 11.3 Å². The maximum Gasteiger partial charge on any atom is 0.194 e. The number of benzene rings is 1. The fraction of sp³-hybridized carbons (Fsp3) is 0.214. The van der Waals surface area contributed by atoms with Crippen LogP contribution in [0.1, 0.15) is 28.4 Å². The number of rotatable bonds is 4. The quantitative estimate of drug-likeness (QED) is 0.777. The maximum atomic E-state index is 12.3. The second kappa shape index (κ2) is 5.67. The Balaban J connectivity index is 2.32. The molecule has 0 atom stereocenters. The van der Waals surface area contributed by atoms with Crippen LogP contribution in [0, 0.1) is 6.92 Å². The Morgan fingerprint density at radius 2 is 2.17 bits per heavy atom. The van der Waals surface area contributed by atoms with Gasteiger partial charge in [0.05, 0.1) is 11.1 Å². The molecule has 0 amide bonds. The molecule has 0 aliphatic carbocycles. The van der Waals surface area contributed by atoms with E-state index in [-0.39, 0.29) is 5.78 Å². The van der Waals surface area contributed by atoms with Crippen molar-refractivity contribution < 1.29 is 9.53 Å². The van der Waals surface area contributed by atoms with Crippen molar-refractivity contribution in [2.45, 2.75) is 13.8 Å². The minimum absolute atomic E-state index is 0.0532. The van der Waals surface area contributed by atoms with E-state index in [0.29, 0.717) is 12.2 Å². The van der Waals surface area contributed by atoms with Gasteiger partial charge < -0.3 is 4.74 Å². The number of aryl methyl sites for hydroxylation is 1. The van der Waals surface area contributed by atoms with Crippen LogP contribution >= 0.6 is 27.3 Å². The van der Waals surface area contributed by atoms with E-state index in [2.05, 4.69) is 15.9 Å². The summed E-state index contributed by atoms with van der Waals surface area (Å²) in [5.74, 6) is 0.814. The molecule has 0 aliphatic heterocycles. The Morgan fingerprint density at radius 3 is 2.72 bits per heavy atom. The maximum absolute atomic E-state index is 12.3. The van der Waals surface area contributed by atoms with E-state index in [0.717, 1.165) is 21.3 Å². The largest absolute Gasteiger partial charge is 0.493 e. The van der Waals surface area contributed by atoms with Gasteiger partial charge in [0, 0.05) is 16.5 Å². The van der Waals surface area contributed by atoms with E-state index in [9.17, 15) is 4.79 Å². The number of ketones is 1. The lowest BCUT2D eigenvalue weighted by Crippen LogP contribution is -2.02. The summed E-state index contributed by atoms with van der Waals surface area (Å²) in [7, 11) is 0. The zero-order valence-electron chi connectivity index (χ0n) is 10.2. The second-order valence-electron chi connectivity index (χ2n) is 3.88. The Hall–Kier alpha value is -1.13. The summed E-state index contributed by atoms with van der Waals surface area (Å²) in [4.78, 5) is 12.3. The summed E-state index contributed by atoms with van der Waals surface area (Å²) in [6, 6.07) is 5.43. The van der Waals surface area contributed by atoms with Crippen LogP contribution in [0.15, 0.2) is 33.4 Å². The molecule has 0 fully saturated rings. The number of thiophene rings is 1. The molecule has 1 aromatic heterocycles. The minimum Gasteiger partial charge on any atom is -0.493 e. The highest BCUT2D eigenvalue weighted by Gasteiger charge is 2.14. The third-order valence-electron chi connectivity index (χ3n) is 2.59. The standard InChI is InChI=1S/C14H13BrO2S/c1-3-17-13-5-4-10(6-12(13)15)14(16)11-8-18-7-9(11)2/h4-8H,3H2,1-2H3. The lowest BCUT2D eigenvalue weighted by atomic mass is 10.0. The van der Waals surface area contributed by atoms with Gasteiger partial charge in [-0.15, -0.1) is 0 Å².